The van der Waals surface area contributed by atoms with Gasteiger partial charge in [0.2, 0.25) is 5.91 Å². The molecule has 164 valence electrons. The predicted octanol–water partition coefficient (Wildman–Crippen LogP) is 3.40. The number of nitrogens with zero attached hydrogens (tertiary/aromatic N) is 2. The summed E-state index contributed by atoms with van der Waals surface area (Å²) in [6.07, 6.45) is -3.14. The van der Waals surface area contributed by atoms with Crippen molar-refractivity contribution >= 4 is 39.1 Å². The van der Waals surface area contributed by atoms with E-state index in [0.717, 1.165) is 10.4 Å². The van der Waals surface area contributed by atoms with Crippen LogP contribution in [0.5, 0.6) is 0 Å². The normalized spacial score (nSPS) is 11.5. The smallest absolute Gasteiger partial charge is 0.343 e. The highest BCUT2D eigenvalue weighted by Gasteiger charge is 2.27. The number of amides is 2. The van der Waals surface area contributed by atoms with Gasteiger partial charge in [-0.05, 0) is 37.6 Å². The quantitative estimate of drug-likeness (QED) is 0.600. The number of aromatic nitrogens is 2. The van der Waals surface area contributed by atoms with Crippen LogP contribution in [0.4, 0.5) is 18.9 Å². The fourth-order valence-electron chi connectivity index (χ4n) is 2.90. The van der Waals surface area contributed by atoms with E-state index in [2.05, 4.69) is 10.3 Å². The van der Waals surface area contributed by atoms with Gasteiger partial charge in [0.05, 0.1) is 11.7 Å². The number of benzene rings is 1. The fourth-order valence-corrected chi connectivity index (χ4v) is 3.88. The van der Waals surface area contributed by atoms with Crippen molar-refractivity contribution in [3.8, 4) is 0 Å². The molecule has 0 atom stereocenters. The molecule has 0 saturated carbocycles. The molecule has 0 radical (unpaired) electrons. The van der Waals surface area contributed by atoms with Crippen LogP contribution < -0.4 is 16.2 Å². The first-order valence-electron chi connectivity index (χ1n) is 9.25. The number of alkyl halides is 3. The molecule has 31 heavy (non-hydrogen) atoms. The maximum Gasteiger partial charge on any atom is 0.405 e. The van der Waals surface area contributed by atoms with Crippen LogP contribution in [-0.4, -0.2) is 34.1 Å². The number of thiophene rings is 1. The van der Waals surface area contributed by atoms with Gasteiger partial charge in [-0.1, -0.05) is 6.07 Å². The van der Waals surface area contributed by atoms with E-state index in [0.29, 0.717) is 10.2 Å². The summed E-state index contributed by atoms with van der Waals surface area (Å²) in [5, 5.41) is 4.89. The van der Waals surface area contributed by atoms with E-state index in [1.54, 1.807) is 5.32 Å². The monoisotopic (exact) mass is 452 g/mol. The van der Waals surface area contributed by atoms with Crippen molar-refractivity contribution in [3.63, 3.8) is 0 Å². The summed E-state index contributed by atoms with van der Waals surface area (Å²) in [7, 11) is 0. The Balaban J connectivity index is 1.63. The molecule has 0 aliphatic carbocycles. The largest absolute Gasteiger partial charge is 0.405 e. The van der Waals surface area contributed by atoms with Crippen LogP contribution in [0.25, 0.3) is 10.2 Å². The third-order valence-electron chi connectivity index (χ3n) is 4.59. The van der Waals surface area contributed by atoms with Crippen LogP contribution in [0.15, 0.2) is 35.4 Å². The molecule has 3 aromatic rings. The SMILES string of the molecule is Cc1sc2ncn(CCC(=O)Nc3cccc(C(=O)NCC(F)(F)F)c3)c(=O)c2c1C. The van der Waals surface area contributed by atoms with Crippen LogP contribution in [0.3, 0.4) is 0 Å². The predicted molar refractivity (Wildman–Crippen MR) is 111 cm³/mol. The molecule has 11 heteroatoms. The molecule has 7 nitrogen and oxygen atoms in total. The molecular formula is C20H19F3N4O3S. The average Bonchev–Trinajstić information content (AvgIpc) is 2.99. The second-order valence-corrected chi connectivity index (χ2v) is 8.09. The molecule has 2 N–H and O–H groups in total. The zero-order chi connectivity index (χ0) is 22.8. The maximum absolute atomic E-state index is 12.7. The number of anilines is 1. The van der Waals surface area contributed by atoms with Crippen molar-refractivity contribution in [3.05, 3.63) is 57.0 Å². The Labute approximate surface area is 178 Å². The molecule has 0 bridgehead atoms. The number of carbonyl (C=O) groups is 2. The molecule has 2 amide bonds. The number of aryl methyl sites for hydroxylation is 3. The lowest BCUT2D eigenvalue weighted by molar-refractivity contribution is -0.123. The zero-order valence-electron chi connectivity index (χ0n) is 16.7. The van der Waals surface area contributed by atoms with E-state index in [4.69, 9.17) is 0 Å². The molecule has 0 unspecified atom stereocenters. The van der Waals surface area contributed by atoms with Gasteiger partial charge in [-0.25, -0.2) is 4.98 Å². The zero-order valence-corrected chi connectivity index (χ0v) is 17.5. The van der Waals surface area contributed by atoms with Crippen LogP contribution in [0, 0.1) is 13.8 Å². The van der Waals surface area contributed by atoms with Gasteiger partial charge < -0.3 is 10.6 Å². The van der Waals surface area contributed by atoms with E-state index in [-0.39, 0.29) is 29.8 Å². The standard InChI is InChI=1S/C20H19F3N4O3S/c1-11-12(2)31-18-16(11)19(30)27(10-25-18)7-6-15(28)26-14-5-3-4-13(8-14)17(29)24-9-20(21,22)23/h3-5,8,10H,6-7,9H2,1-2H3,(H,24,29)(H,26,28). The Hall–Kier alpha value is -3.21. The lowest BCUT2D eigenvalue weighted by Gasteiger charge is -2.10. The first kappa shape index (κ1) is 22.5. The highest BCUT2D eigenvalue weighted by atomic mass is 32.1. The Morgan fingerprint density at radius 2 is 1.97 bits per heavy atom. The first-order valence-corrected chi connectivity index (χ1v) is 10.1. The topological polar surface area (TPSA) is 93.1 Å². The maximum atomic E-state index is 12.7. The third-order valence-corrected chi connectivity index (χ3v) is 5.71. The molecule has 2 heterocycles. The van der Waals surface area contributed by atoms with Gasteiger partial charge in [0.25, 0.3) is 11.5 Å². The van der Waals surface area contributed by atoms with Crippen LogP contribution in [-0.2, 0) is 11.3 Å². The molecule has 0 aliphatic rings. The van der Waals surface area contributed by atoms with Gasteiger partial charge >= 0.3 is 6.18 Å². The van der Waals surface area contributed by atoms with Gasteiger partial charge in [-0.2, -0.15) is 13.2 Å². The minimum absolute atomic E-state index is 0.0174. The van der Waals surface area contributed by atoms with E-state index in [1.807, 2.05) is 13.8 Å². The van der Waals surface area contributed by atoms with Crippen molar-refractivity contribution in [2.45, 2.75) is 33.0 Å². The number of hydrogen-bond acceptors (Lipinski definition) is 5. The Bertz CT molecular complexity index is 1200. The summed E-state index contributed by atoms with van der Waals surface area (Å²) in [5.74, 6) is -1.32. The summed E-state index contributed by atoms with van der Waals surface area (Å²) in [5.41, 5.74) is 0.894. The fraction of sp³-hybridized carbons (Fsp3) is 0.300. The van der Waals surface area contributed by atoms with Crippen molar-refractivity contribution in [1.29, 1.82) is 0 Å². The average molecular weight is 452 g/mol. The number of nitrogens with one attached hydrogen (secondary N) is 2. The van der Waals surface area contributed by atoms with Crippen LogP contribution in [0.2, 0.25) is 0 Å². The molecule has 0 fully saturated rings. The summed E-state index contributed by atoms with van der Waals surface area (Å²) in [6.45, 7) is 2.43. The molecular weight excluding hydrogens is 433 g/mol. The van der Waals surface area contributed by atoms with Gasteiger partial charge in [0, 0.05) is 29.1 Å². The number of carbonyl (C=O) groups excluding carboxylic acids is 2. The summed E-state index contributed by atoms with van der Waals surface area (Å²) in [6, 6.07) is 5.58. The number of hydrogen-bond donors (Lipinski definition) is 2. The number of rotatable bonds is 6. The summed E-state index contributed by atoms with van der Waals surface area (Å²) < 4.78 is 38.1. The third kappa shape index (κ3) is 5.48. The van der Waals surface area contributed by atoms with Crippen molar-refractivity contribution in [1.82, 2.24) is 14.9 Å². The van der Waals surface area contributed by atoms with E-state index >= 15 is 0 Å². The summed E-state index contributed by atoms with van der Waals surface area (Å²) >= 11 is 1.44. The van der Waals surface area contributed by atoms with Crippen LogP contribution in [0.1, 0.15) is 27.2 Å². The van der Waals surface area contributed by atoms with Gasteiger partial charge in [-0.3, -0.25) is 19.0 Å². The Kier molecular flexibility index (Phi) is 6.44. The van der Waals surface area contributed by atoms with Gasteiger partial charge in [0.1, 0.15) is 11.4 Å². The van der Waals surface area contributed by atoms with Gasteiger partial charge in [-0.15, -0.1) is 11.3 Å². The first-order chi connectivity index (χ1) is 14.5. The minimum Gasteiger partial charge on any atom is -0.343 e. The number of halogens is 3. The Morgan fingerprint density at radius 1 is 1.23 bits per heavy atom. The van der Waals surface area contributed by atoms with E-state index in [9.17, 15) is 27.6 Å². The minimum atomic E-state index is -4.52. The second kappa shape index (κ2) is 8.88. The molecule has 0 spiro atoms. The van der Waals surface area contributed by atoms with Crippen molar-refractivity contribution < 1.29 is 22.8 Å². The number of fused-ring (bicyclic) bond motifs is 1. The molecule has 0 aliphatic heterocycles. The van der Waals surface area contributed by atoms with Crippen molar-refractivity contribution in [2.24, 2.45) is 0 Å². The second-order valence-electron chi connectivity index (χ2n) is 6.88. The highest BCUT2D eigenvalue weighted by molar-refractivity contribution is 7.18. The van der Waals surface area contributed by atoms with Crippen molar-refractivity contribution in [2.75, 3.05) is 11.9 Å². The highest BCUT2D eigenvalue weighted by Crippen LogP contribution is 2.25. The molecule has 0 saturated heterocycles. The molecule has 2 aromatic heterocycles. The van der Waals surface area contributed by atoms with Crippen LogP contribution >= 0.6 is 11.3 Å². The summed E-state index contributed by atoms with van der Waals surface area (Å²) in [4.78, 5) is 42.7. The Morgan fingerprint density at radius 3 is 2.68 bits per heavy atom. The van der Waals surface area contributed by atoms with Gasteiger partial charge in [0.15, 0.2) is 0 Å². The lowest BCUT2D eigenvalue weighted by atomic mass is 10.2. The molecule has 3 rings (SSSR count). The molecule has 1 aromatic carbocycles. The van der Waals surface area contributed by atoms with E-state index < -0.39 is 24.5 Å². The van der Waals surface area contributed by atoms with E-state index in [1.165, 1.54) is 46.5 Å². The lowest BCUT2D eigenvalue weighted by Crippen LogP contribution is -2.33.